The summed E-state index contributed by atoms with van der Waals surface area (Å²) in [7, 11) is -4.80. The normalized spacial score (nSPS) is 36.7. The van der Waals surface area contributed by atoms with E-state index in [2.05, 4.69) is 9.35 Å². The van der Waals surface area contributed by atoms with E-state index in [0.29, 0.717) is 0 Å². The van der Waals surface area contributed by atoms with E-state index in [-0.39, 0.29) is 23.1 Å². The maximum Gasteiger partial charge on any atom is 0.316 e. The first-order valence-corrected chi connectivity index (χ1v) is 3.06. The van der Waals surface area contributed by atoms with Crippen LogP contribution in [-0.4, -0.2) is 37.7 Å². The van der Waals surface area contributed by atoms with Crippen LogP contribution in [0.4, 0.5) is 0 Å². The van der Waals surface area contributed by atoms with Crippen molar-refractivity contribution in [3.63, 3.8) is 0 Å². The summed E-state index contributed by atoms with van der Waals surface area (Å²) in [5, 5.41) is 0. The van der Waals surface area contributed by atoms with Crippen molar-refractivity contribution in [1.82, 2.24) is 0 Å². The Morgan fingerprint density at radius 3 is 1.14 bits per heavy atom. The van der Waals surface area contributed by atoms with Crippen molar-refractivity contribution in [3.8, 4) is 0 Å². The summed E-state index contributed by atoms with van der Waals surface area (Å²) in [5.74, 6) is 0. The van der Waals surface area contributed by atoms with E-state index in [1.807, 2.05) is 0 Å². The second kappa shape index (κ2) is 1.49. The van der Waals surface area contributed by atoms with Gasteiger partial charge in [0, 0.05) is 0 Å². The molecule has 7 heavy (non-hydrogen) atoms. The van der Waals surface area contributed by atoms with Gasteiger partial charge in [0.1, 0.15) is 0 Å². The van der Waals surface area contributed by atoms with Crippen LogP contribution in [0.2, 0.25) is 0 Å². The summed E-state index contributed by atoms with van der Waals surface area (Å²) in [4.78, 5) is 23.7. The second-order valence-electron chi connectivity index (χ2n) is 0.982. The molecule has 0 aromatic rings. The fourth-order valence-electron chi connectivity index (χ4n) is 0.0447. The van der Waals surface area contributed by atoms with Gasteiger partial charge < -0.3 is 0 Å². The van der Waals surface area contributed by atoms with Crippen molar-refractivity contribution in [3.05, 3.63) is 0 Å². The van der Waals surface area contributed by atoms with Crippen molar-refractivity contribution >= 4 is 30.8 Å². The minimum atomic E-state index is -4.80. The zero-order valence-electron chi connectivity index (χ0n) is 2.61. The molecule has 0 aromatic heterocycles. The summed E-state index contributed by atoms with van der Waals surface area (Å²) in [6.07, 6.45) is 0. The molecule has 1 aliphatic rings. The molecular weight excluding hydrogens is 135 g/mol. The molecule has 0 unspecified atom stereocenters. The molecule has 1 rings (SSSR count). The Bertz CT molecular complexity index is 71.8. The summed E-state index contributed by atoms with van der Waals surface area (Å²) in [6, 6.07) is 0. The summed E-state index contributed by atoms with van der Waals surface area (Å²) in [5.41, 5.74) is 0. The molecule has 1 heterocycles. The van der Waals surface area contributed by atoms with E-state index in [9.17, 15) is 0 Å². The van der Waals surface area contributed by atoms with Crippen molar-refractivity contribution in [2.75, 3.05) is 0 Å². The van der Waals surface area contributed by atoms with Crippen molar-refractivity contribution in [2.45, 2.75) is 0 Å². The van der Waals surface area contributed by atoms with Gasteiger partial charge in [-0.2, -0.15) is 0 Å². The third kappa shape index (κ3) is 2.73. The fourth-order valence-corrected chi connectivity index (χ4v) is 0.402. The minimum absolute atomic E-state index is 0. The van der Waals surface area contributed by atoms with E-state index in [0.717, 1.165) is 0 Å². The second-order valence-corrected chi connectivity index (χ2v) is 2.95. The minimum Gasteiger partial charge on any atom is 0.316 e. The maximum atomic E-state index is 7.89. The summed E-state index contributed by atoms with van der Waals surface area (Å²) < 4.78 is 6.76. The quantitative estimate of drug-likeness (QED) is 0.159. The first-order valence-electron chi connectivity index (χ1n) is 1.13. The van der Waals surface area contributed by atoms with Crippen LogP contribution in [0, 0.1) is 0 Å². The predicted octanol–water partition coefficient (Wildman–Crippen LogP) is -1.86. The number of hydrogen-bond donors (Lipinski definition) is 3. The molecule has 7 heteroatoms. The molecular formula is H5MgO5P. The van der Waals surface area contributed by atoms with Gasteiger partial charge in [-0.15, -0.1) is 0 Å². The van der Waals surface area contributed by atoms with E-state index in [1.165, 1.54) is 0 Å². The van der Waals surface area contributed by atoms with Gasteiger partial charge in [0.25, 0.3) is 0 Å². The summed E-state index contributed by atoms with van der Waals surface area (Å²) in [6.45, 7) is 0. The van der Waals surface area contributed by atoms with Gasteiger partial charge in [0.15, 0.2) is 0 Å². The SMILES string of the molecule is OP1(O)(O)OO1.[MgH2]. The van der Waals surface area contributed by atoms with Crippen molar-refractivity contribution in [2.24, 2.45) is 0 Å². The van der Waals surface area contributed by atoms with Gasteiger partial charge in [-0.3, -0.25) is 0 Å². The molecule has 1 saturated heterocycles. The zero-order chi connectivity index (χ0) is 4.86. The van der Waals surface area contributed by atoms with Crippen LogP contribution in [0.5, 0.6) is 0 Å². The molecule has 0 aromatic carbocycles. The molecule has 0 bridgehead atoms. The van der Waals surface area contributed by atoms with Gasteiger partial charge in [0.05, 0.1) is 0 Å². The molecule has 42 valence electrons. The third-order valence-corrected chi connectivity index (χ3v) is 0.824. The molecule has 0 amide bonds. The average molecular weight is 140 g/mol. The molecule has 0 aliphatic carbocycles. The topological polar surface area (TPSA) is 85.8 Å². The Kier molecular flexibility index (Phi) is 1.70. The molecule has 0 saturated carbocycles. The van der Waals surface area contributed by atoms with Gasteiger partial charge in [0.2, 0.25) is 0 Å². The Morgan fingerprint density at radius 2 is 1.14 bits per heavy atom. The van der Waals surface area contributed by atoms with Gasteiger partial charge in [-0.1, -0.05) is 0 Å². The smallest absolute Gasteiger partial charge is 0.316 e. The fraction of sp³-hybridized carbons (Fsp3) is 0. The first-order chi connectivity index (χ1) is 2.47. The molecule has 1 fully saturated rings. The Balaban J connectivity index is 0.000000360. The van der Waals surface area contributed by atoms with Gasteiger partial charge >= 0.3 is 54.8 Å². The number of hydrogen-bond acceptors (Lipinski definition) is 5. The zero-order valence-corrected chi connectivity index (χ0v) is 3.50. The van der Waals surface area contributed by atoms with Crippen LogP contribution in [0.15, 0.2) is 0 Å². The summed E-state index contributed by atoms with van der Waals surface area (Å²) >= 11 is 0. The molecule has 0 radical (unpaired) electrons. The van der Waals surface area contributed by atoms with Gasteiger partial charge in [-0.05, 0) is 0 Å². The Hall–Kier alpha value is 0.996. The van der Waals surface area contributed by atoms with Crippen LogP contribution < -0.4 is 0 Å². The van der Waals surface area contributed by atoms with E-state index >= 15 is 0 Å². The largest absolute Gasteiger partial charge is 0.316 e. The van der Waals surface area contributed by atoms with Crippen molar-refractivity contribution in [1.29, 1.82) is 0 Å². The standard InChI is InChI=1S/Mg.H3O5P.2H/c;1-6(2,3)4-5-6;;/h;1-3H;;. The Labute approximate surface area is 55.3 Å². The molecule has 3 N–H and O–H groups in total. The van der Waals surface area contributed by atoms with Crippen molar-refractivity contribution < 1.29 is 24.0 Å². The van der Waals surface area contributed by atoms with Crippen LogP contribution in [-0.2, 0) is 9.35 Å². The monoisotopic (exact) mass is 140 g/mol. The van der Waals surface area contributed by atoms with Crippen LogP contribution in [0.25, 0.3) is 0 Å². The van der Waals surface area contributed by atoms with Crippen LogP contribution in [0.3, 0.4) is 0 Å². The van der Waals surface area contributed by atoms with Gasteiger partial charge in [-0.25, -0.2) is 0 Å². The average Bonchev–Trinajstić information content (AvgIpc) is 1.73. The van der Waals surface area contributed by atoms with Crippen LogP contribution >= 0.6 is 7.74 Å². The first kappa shape index (κ1) is 8.00. The molecule has 5 nitrogen and oxygen atoms in total. The maximum absolute atomic E-state index is 7.89. The number of rotatable bonds is 0. The van der Waals surface area contributed by atoms with E-state index < -0.39 is 7.74 Å². The Morgan fingerprint density at radius 1 is 1.00 bits per heavy atom. The molecule has 1 aliphatic heterocycles. The predicted molar refractivity (Wildman–Crippen MR) is 24.3 cm³/mol. The third-order valence-electron chi connectivity index (χ3n) is 0.275. The van der Waals surface area contributed by atoms with E-state index in [1.54, 1.807) is 0 Å². The molecule has 0 atom stereocenters. The molecule has 0 spiro atoms. The van der Waals surface area contributed by atoms with Crippen LogP contribution in [0.1, 0.15) is 0 Å². The van der Waals surface area contributed by atoms with E-state index in [4.69, 9.17) is 14.7 Å².